The molecule has 0 spiro atoms. The first kappa shape index (κ1) is 13.1. The van der Waals surface area contributed by atoms with E-state index in [0.29, 0.717) is 13.2 Å². The first-order valence-corrected chi connectivity index (χ1v) is 6.93. The van der Waals surface area contributed by atoms with Crippen LogP contribution in [-0.4, -0.2) is 13.2 Å². The van der Waals surface area contributed by atoms with Crippen LogP contribution in [0.25, 0.3) is 0 Å². The molecule has 1 aliphatic heterocycles. The van der Waals surface area contributed by atoms with Gasteiger partial charge in [0.05, 0.1) is 12.3 Å². The Labute approximate surface area is 118 Å². The summed E-state index contributed by atoms with van der Waals surface area (Å²) < 4.78 is 16.6. The minimum Gasteiger partial charge on any atom is -0.486 e. The lowest BCUT2D eigenvalue weighted by molar-refractivity contribution is 0.171. The predicted octanol–water partition coefficient (Wildman–Crippen LogP) is 3.46. The highest BCUT2D eigenvalue weighted by molar-refractivity contribution is 5.44. The summed E-state index contributed by atoms with van der Waals surface area (Å²) in [6.07, 6.45) is 1.70. The van der Waals surface area contributed by atoms with Crippen LogP contribution in [0.3, 0.4) is 0 Å². The molecule has 0 aliphatic carbocycles. The van der Waals surface area contributed by atoms with Gasteiger partial charge in [0.25, 0.3) is 0 Å². The molecule has 4 nitrogen and oxygen atoms in total. The molecule has 1 N–H and O–H groups in total. The third-order valence-corrected chi connectivity index (χ3v) is 3.54. The van der Waals surface area contributed by atoms with Crippen molar-refractivity contribution in [3.8, 4) is 11.5 Å². The summed E-state index contributed by atoms with van der Waals surface area (Å²) in [5.74, 6) is 2.59. The summed E-state index contributed by atoms with van der Waals surface area (Å²) in [4.78, 5) is 0. The Hall–Kier alpha value is -1.94. The Bertz CT molecular complexity index is 565. The molecule has 2 atom stereocenters. The molecular formula is C16H19NO3. The molecule has 1 aromatic heterocycles. The number of ether oxygens (including phenoxy) is 2. The van der Waals surface area contributed by atoms with E-state index in [1.54, 1.807) is 6.26 Å². The van der Waals surface area contributed by atoms with Crippen molar-refractivity contribution in [1.82, 2.24) is 5.32 Å². The number of hydrogen-bond acceptors (Lipinski definition) is 4. The number of hydrogen-bond donors (Lipinski definition) is 1. The van der Waals surface area contributed by atoms with Crippen molar-refractivity contribution in [2.75, 3.05) is 13.2 Å². The minimum atomic E-state index is 0.160. The molecule has 3 rings (SSSR count). The minimum absolute atomic E-state index is 0.160. The summed E-state index contributed by atoms with van der Waals surface area (Å²) in [5.41, 5.74) is 1.17. The maximum absolute atomic E-state index is 5.62. The van der Waals surface area contributed by atoms with E-state index >= 15 is 0 Å². The standard InChI is InChI=1S/C16H19NO3/c1-11(17-12(2)14-4-3-7-18-14)13-5-6-15-16(10-13)20-9-8-19-15/h3-7,10-12,17H,8-9H2,1-2H3/t11?,12-/m0/s1. The highest BCUT2D eigenvalue weighted by atomic mass is 16.6. The maximum atomic E-state index is 5.62. The molecule has 0 fully saturated rings. The van der Waals surface area contributed by atoms with Gasteiger partial charge in [-0.05, 0) is 43.7 Å². The van der Waals surface area contributed by atoms with Gasteiger partial charge in [-0.1, -0.05) is 6.07 Å². The molecule has 1 aliphatic rings. The van der Waals surface area contributed by atoms with Gasteiger partial charge in [0, 0.05) is 6.04 Å². The summed E-state index contributed by atoms with van der Waals surface area (Å²) in [5, 5.41) is 3.52. The van der Waals surface area contributed by atoms with Crippen LogP contribution in [-0.2, 0) is 0 Å². The van der Waals surface area contributed by atoms with E-state index < -0.39 is 0 Å². The highest BCUT2D eigenvalue weighted by Gasteiger charge is 2.17. The zero-order valence-corrected chi connectivity index (χ0v) is 11.8. The van der Waals surface area contributed by atoms with Gasteiger partial charge >= 0.3 is 0 Å². The van der Waals surface area contributed by atoms with Crippen LogP contribution in [0.4, 0.5) is 0 Å². The van der Waals surface area contributed by atoms with E-state index in [1.165, 1.54) is 5.56 Å². The van der Waals surface area contributed by atoms with E-state index in [1.807, 2.05) is 24.3 Å². The average molecular weight is 273 g/mol. The first-order chi connectivity index (χ1) is 9.74. The number of furan rings is 1. The lowest BCUT2D eigenvalue weighted by Gasteiger charge is -2.22. The Kier molecular flexibility index (Phi) is 3.65. The second-order valence-electron chi connectivity index (χ2n) is 5.03. The molecule has 0 bridgehead atoms. The zero-order chi connectivity index (χ0) is 13.9. The second-order valence-corrected chi connectivity index (χ2v) is 5.03. The van der Waals surface area contributed by atoms with Crippen LogP contribution in [0.15, 0.2) is 41.0 Å². The van der Waals surface area contributed by atoms with E-state index in [0.717, 1.165) is 17.3 Å². The fourth-order valence-corrected chi connectivity index (χ4v) is 2.42. The molecule has 20 heavy (non-hydrogen) atoms. The molecule has 1 aromatic carbocycles. The van der Waals surface area contributed by atoms with Crippen molar-refractivity contribution in [2.45, 2.75) is 25.9 Å². The van der Waals surface area contributed by atoms with E-state index in [-0.39, 0.29) is 12.1 Å². The van der Waals surface area contributed by atoms with Gasteiger partial charge in [0.15, 0.2) is 11.5 Å². The Morgan fingerprint density at radius 3 is 2.55 bits per heavy atom. The number of nitrogens with one attached hydrogen (secondary N) is 1. The number of benzene rings is 1. The first-order valence-electron chi connectivity index (χ1n) is 6.93. The molecule has 0 saturated carbocycles. The lowest BCUT2D eigenvalue weighted by Crippen LogP contribution is -2.22. The monoisotopic (exact) mass is 273 g/mol. The number of fused-ring (bicyclic) bond motifs is 1. The quantitative estimate of drug-likeness (QED) is 0.926. The van der Waals surface area contributed by atoms with Gasteiger partial charge in [0.2, 0.25) is 0 Å². The molecule has 0 radical (unpaired) electrons. The Morgan fingerprint density at radius 1 is 1.00 bits per heavy atom. The van der Waals surface area contributed by atoms with Crippen molar-refractivity contribution in [3.05, 3.63) is 47.9 Å². The lowest BCUT2D eigenvalue weighted by atomic mass is 10.1. The molecule has 106 valence electrons. The fraction of sp³-hybridized carbons (Fsp3) is 0.375. The third kappa shape index (κ3) is 2.65. The maximum Gasteiger partial charge on any atom is 0.161 e. The zero-order valence-electron chi connectivity index (χ0n) is 11.8. The Morgan fingerprint density at radius 2 is 1.80 bits per heavy atom. The van der Waals surface area contributed by atoms with Gasteiger partial charge in [-0.15, -0.1) is 0 Å². The van der Waals surface area contributed by atoms with Crippen LogP contribution in [0.2, 0.25) is 0 Å². The summed E-state index contributed by atoms with van der Waals surface area (Å²) in [7, 11) is 0. The summed E-state index contributed by atoms with van der Waals surface area (Å²) >= 11 is 0. The van der Waals surface area contributed by atoms with Crippen molar-refractivity contribution in [3.63, 3.8) is 0 Å². The van der Waals surface area contributed by atoms with Gasteiger partial charge in [-0.2, -0.15) is 0 Å². The van der Waals surface area contributed by atoms with Crippen molar-refractivity contribution in [1.29, 1.82) is 0 Å². The fourth-order valence-electron chi connectivity index (χ4n) is 2.42. The van der Waals surface area contributed by atoms with Gasteiger partial charge in [0.1, 0.15) is 19.0 Å². The van der Waals surface area contributed by atoms with Crippen LogP contribution in [0.1, 0.15) is 37.3 Å². The molecular weight excluding hydrogens is 254 g/mol. The summed E-state index contributed by atoms with van der Waals surface area (Å²) in [6, 6.07) is 10.3. The largest absolute Gasteiger partial charge is 0.486 e. The van der Waals surface area contributed by atoms with Crippen LogP contribution < -0.4 is 14.8 Å². The van der Waals surface area contributed by atoms with Gasteiger partial charge in [-0.25, -0.2) is 0 Å². The van der Waals surface area contributed by atoms with Crippen molar-refractivity contribution in [2.24, 2.45) is 0 Å². The normalized spacial score (nSPS) is 16.7. The topological polar surface area (TPSA) is 43.6 Å². The molecule has 1 unspecified atom stereocenters. The number of rotatable bonds is 4. The smallest absolute Gasteiger partial charge is 0.161 e. The summed E-state index contributed by atoms with van der Waals surface area (Å²) in [6.45, 7) is 5.45. The van der Waals surface area contributed by atoms with Gasteiger partial charge < -0.3 is 19.2 Å². The van der Waals surface area contributed by atoms with Crippen molar-refractivity contribution < 1.29 is 13.9 Å². The molecule has 2 heterocycles. The predicted molar refractivity (Wildman–Crippen MR) is 76.1 cm³/mol. The van der Waals surface area contributed by atoms with Gasteiger partial charge in [-0.3, -0.25) is 0 Å². The third-order valence-electron chi connectivity index (χ3n) is 3.54. The van der Waals surface area contributed by atoms with E-state index in [4.69, 9.17) is 13.9 Å². The molecule has 2 aromatic rings. The highest BCUT2D eigenvalue weighted by Crippen LogP contribution is 2.33. The van der Waals surface area contributed by atoms with Crippen LogP contribution in [0.5, 0.6) is 11.5 Å². The second kappa shape index (κ2) is 5.59. The molecule has 0 amide bonds. The van der Waals surface area contributed by atoms with E-state index in [9.17, 15) is 0 Å². The SMILES string of the molecule is CC(N[C@@H](C)c1ccco1)c1ccc2c(c1)OCCO2. The molecule has 4 heteroatoms. The molecule has 0 saturated heterocycles. The van der Waals surface area contributed by atoms with Crippen molar-refractivity contribution >= 4 is 0 Å². The average Bonchev–Trinajstić information content (AvgIpc) is 3.01. The Balaban J connectivity index is 1.72. The van der Waals surface area contributed by atoms with Crippen LogP contribution in [0, 0.1) is 0 Å². The van der Waals surface area contributed by atoms with E-state index in [2.05, 4.69) is 25.2 Å². The van der Waals surface area contributed by atoms with Crippen LogP contribution >= 0.6 is 0 Å².